The predicted octanol–water partition coefficient (Wildman–Crippen LogP) is 1.96. The largest absolute Gasteiger partial charge is 0.486 e. The summed E-state index contributed by atoms with van der Waals surface area (Å²) < 4.78 is 5.49. The zero-order valence-electron chi connectivity index (χ0n) is 8.46. The Labute approximate surface area is 103 Å². The van der Waals surface area contributed by atoms with E-state index >= 15 is 0 Å². The van der Waals surface area contributed by atoms with Gasteiger partial charge in [0.2, 0.25) is 0 Å². The Morgan fingerprint density at radius 1 is 1.38 bits per heavy atom. The Morgan fingerprint density at radius 2 is 2.06 bits per heavy atom. The number of hydrogen-bond acceptors (Lipinski definition) is 4. The first-order valence-electron chi connectivity index (χ1n) is 4.81. The van der Waals surface area contributed by atoms with Gasteiger partial charge in [-0.05, 0) is 0 Å². The third-order valence-electron chi connectivity index (χ3n) is 2.17. The molecular weight excluding hydrogens is 249 g/mol. The third-order valence-corrected chi connectivity index (χ3v) is 2.80. The van der Waals surface area contributed by atoms with E-state index in [2.05, 4.69) is 10.3 Å². The number of nitrogens with one attached hydrogen (secondary N) is 1. The highest BCUT2D eigenvalue weighted by molar-refractivity contribution is 6.39. The number of rotatable bonds is 3. The molecule has 1 aliphatic rings. The van der Waals surface area contributed by atoms with E-state index in [4.69, 9.17) is 33.7 Å². The molecular formula is C10H11Cl2N3O. The number of amidine groups is 1. The van der Waals surface area contributed by atoms with Crippen LogP contribution in [0, 0.1) is 0 Å². The fourth-order valence-corrected chi connectivity index (χ4v) is 1.81. The van der Waals surface area contributed by atoms with Crippen molar-refractivity contribution in [1.29, 1.82) is 0 Å². The molecule has 0 saturated heterocycles. The van der Waals surface area contributed by atoms with Gasteiger partial charge in [0.05, 0.1) is 22.3 Å². The van der Waals surface area contributed by atoms with Crippen LogP contribution in [-0.4, -0.2) is 25.5 Å². The van der Waals surface area contributed by atoms with E-state index < -0.39 is 0 Å². The molecule has 0 radical (unpaired) electrons. The summed E-state index contributed by atoms with van der Waals surface area (Å²) in [7, 11) is 0. The molecule has 1 aromatic carbocycles. The zero-order chi connectivity index (χ0) is 11.5. The summed E-state index contributed by atoms with van der Waals surface area (Å²) >= 11 is 11.8. The Balaban J connectivity index is 2.04. The minimum atomic E-state index is 0.368. The van der Waals surface area contributed by atoms with Gasteiger partial charge in [-0.15, -0.1) is 0 Å². The van der Waals surface area contributed by atoms with Crippen molar-refractivity contribution in [3.05, 3.63) is 22.2 Å². The molecule has 0 saturated carbocycles. The van der Waals surface area contributed by atoms with E-state index in [1.54, 1.807) is 12.1 Å². The number of benzene rings is 1. The minimum Gasteiger partial charge on any atom is -0.486 e. The van der Waals surface area contributed by atoms with E-state index in [1.165, 1.54) is 0 Å². The highest BCUT2D eigenvalue weighted by Crippen LogP contribution is 2.32. The molecule has 6 heteroatoms. The van der Waals surface area contributed by atoms with Crippen LogP contribution in [0.3, 0.4) is 0 Å². The van der Waals surface area contributed by atoms with E-state index in [0.717, 1.165) is 18.9 Å². The van der Waals surface area contributed by atoms with E-state index in [0.29, 0.717) is 28.1 Å². The fourth-order valence-electron chi connectivity index (χ4n) is 1.34. The lowest BCUT2D eigenvalue weighted by Gasteiger charge is -2.09. The number of halogens is 2. The van der Waals surface area contributed by atoms with Gasteiger partial charge in [0, 0.05) is 18.7 Å². The summed E-state index contributed by atoms with van der Waals surface area (Å²) in [5.41, 5.74) is 5.98. The third kappa shape index (κ3) is 2.51. The van der Waals surface area contributed by atoms with Crippen LogP contribution in [0.4, 0.5) is 5.69 Å². The number of ether oxygens (including phenoxy) is 1. The van der Waals surface area contributed by atoms with Crippen molar-refractivity contribution in [1.82, 2.24) is 5.32 Å². The van der Waals surface area contributed by atoms with Crippen molar-refractivity contribution in [3.63, 3.8) is 0 Å². The Kier molecular flexibility index (Phi) is 3.41. The molecule has 0 bridgehead atoms. The molecule has 1 heterocycles. The van der Waals surface area contributed by atoms with Crippen LogP contribution in [-0.2, 0) is 0 Å². The highest BCUT2D eigenvalue weighted by atomic mass is 35.5. The van der Waals surface area contributed by atoms with Gasteiger partial charge in [0.25, 0.3) is 0 Å². The van der Waals surface area contributed by atoms with Crippen molar-refractivity contribution in [3.8, 4) is 5.75 Å². The smallest absolute Gasteiger partial charge is 0.145 e. The van der Waals surface area contributed by atoms with Gasteiger partial charge in [-0.2, -0.15) is 0 Å². The molecule has 0 unspecified atom stereocenters. The Morgan fingerprint density at radius 3 is 2.62 bits per heavy atom. The average molecular weight is 260 g/mol. The zero-order valence-corrected chi connectivity index (χ0v) is 9.98. The van der Waals surface area contributed by atoms with Crippen molar-refractivity contribution in [2.45, 2.75) is 0 Å². The molecule has 0 aromatic heterocycles. The number of nitrogens with zero attached hydrogens (tertiary/aromatic N) is 1. The SMILES string of the molecule is Nc1c(Cl)cc(OCC2=NCCN2)cc1Cl. The summed E-state index contributed by atoms with van der Waals surface area (Å²) in [6.45, 7) is 2.04. The number of nitrogen functional groups attached to an aromatic ring is 1. The van der Waals surface area contributed by atoms with Crippen molar-refractivity contribution < 1.29 is 4.74 Å². The second-order valence-electron chi connectivity index (χ2n) is 3.34. The van der Waals surface area contributed by atoms with Gasteiger partial charge in [-0.25, -0.2) is 0 Å². The first-order valence-corrected chi connectivity index (χ1v) is 5.57. The summed E-state index contributed by atoms with van der Waals surface area (Å²) in [4.78, 5) is 4.20. The number of aliphatic imine (C=N–C) groups is 1. The Hall–Kier alpha value is -1.13. The maximum atomic E-state index is 5.88. The summed E-state index contributed by atoms with van der Waals surface area (Å²) in [5, 5.41) is 3.89. The van der Waals surface area contributed by atoms with E-state index in [9.17, 15) is 0 Å². The van der Waals surface area contributed by atoms with Crippen LogP contribution < -0.4 is 15.8 Å². The lowest BCUT2D eigenvalue weighted by Crippen LogP contribution is -2.24. The van der Waals surface area contributed by atoms with E-state index in [1.807, 2.05) is 0 Å². The van der Waals surface area contributed by atoms with E-state index in [-0.39, 0.29) is 0 Å². The normalized spacial score (nSPS) is 14.5. The molecule has 0 amide bonds. The van der Waals surface area contributed by atoms with Gasteiger partial charge in [0.1, 0.15) is 18.2 Å². The van der Waals surface area contributed by atoms with Crippen molar-refractivity contribution in [2.24, 2.45) is 4.99 Å². The van der Waals surface area contributed by atoms with Crippen LogP contribution >= 0.6 is 23.2 Å². The van der Waals surface area contributed by atoms with Gasteiger partial charge < -0.3 is 15.8 Å². The second kappa shape index (κ2) is 4.80. The number of nitrogens with two attached hydrogens (primary N) is 1. The van der Waals surface area contributed by atoms with Crippen LogP contribution in [0.5, 0.6) is 5.75 Å². The topological polar surface area (TPSA) is 59.6 Å². The summed E-state index contributed by atoms with van der Waals surface area (Å²) in [6.07, 6.45) is 0. The monoisotopic (exact) mass is 259 g/mol. The van der Waals surface area contributed by atoms with Crippen LogP contribution in [0.25, 0.3) is 0 Å². The van der Waals surface area contributed by atoms with Gasteiger partial charge in [-0.1, -0.05) is 23.2 Å². The predicted molar refractivity (Wildman–Crippen MR) is 66.7 cm³/mol. The number of anilines is 1. The van der Waals surface area contributed by atoms with Crippen LogP contribution in [0.15, 0.2) is 17.1 Å². The van der Waals surface area contributed by atoms with Crippen molar-refractivity contribution in [2.75, 3.05) is 25.4 Å². The Bertz CT molecular complexity index is 411. The molecule has 2 rings (SSSR count). The quantitative estimate of drug-likeness (QED) is 0.816. The molecule has 16 heavy (non-hydrogen) atoms. The van der Waals surface area contributed by atoms with Gasteiger partial charge in [-0.3, -0.25) is 4.99 Å². The first-order chi connectivity index (χ1) is 7.66. The first kappa shape index (κ1) is 11.4. The average Bonchev–Trinajstić information content (AvgIpc) is 2.75. The molecule has 0 aliphatic carbocycles. The van der Waals surface area contributed by atoms with Crippen LogP contribution in [0.1, 0.15) is 0 Å². The standard InChI is InChI=1S/C10H11Cl2N3O/c11-7-3-6(4-8(12)10(7)13)16-5-9-14-1-2-15-9/h3-4H,1-2,5,13H2,(H,14,15). The second-order valence-corrected chi connectivity index (χ2v) is 4.16. The molecule has 0 spiro atoms. The number of hydrogen-bond donors (Lipinski definition) is 2. The molecule has 0 atom stereocenters. The van der Waals surface area contributed by atoms with Crippen LogP contribution in [0.2, 0.25) is 10.0 Å². The fraction of sp³-hybridized carbons (Fsp3) is 0.300. The molecule has 0 fully saturated rings. The molecule has 3 N–H and O–H groups in total. The summed E-state index contributed by atoms with van der Waals surface area (Å²) in [5.74, 6) is 1.42. The minimum absolute atomic E-state index is 0.368. The molecule has 86 valence electrons. The summed E-state index contributed by atoms with van der Waals surface area (Å²) in [6, 6.07) is 3.27. The van der Waals surface area contributed by atoms with Gasteiger partial charge in [0.15, 0.2) is 0 Å². The van der Waals surface area contributed by atoms with Crippen molar-refractivity contribution >= 4 is 34.7 Å². The molecule has 1 aromatic rings. The lowest BCUT2D eigenvalue weighted by atomic mass is 10.3. The molecule has 4 nitrogen and oxygen atoms in total. The highest BCUT2D eigenvalue weighted by Gasteiger charge is 2.08. The lowest BCUT2D eigenvalue weighted by molar-refractivity contribution is 0.373. The molecule has 1 aliphatic heterocycles. The maximum absolute atomic E-state index is 5.88. The maximum Gasteiger partial charge on any atom is 0.145 e. The van der Waals surface area contributed by atoms with Gasteiger partial charge >= 0.3 is 0 Å².